The number of amides is 1. The summed E-state index contributed by atoms with van der Waals surface area (Å²) in [6, 6.07) is 0.581. The zero-order valence-corrected chi connectivity index (χ0v) is 18.3. The zero-order chi connectivity index (χ0) is 20.7. The Kier molecular flexibility index (Phi) is 5.67. The van der Waals surface area contributed by atoms with Crippen LogP contribution in [0.3, 0.4) is 0 Å². The molecule has 0 aromatic carbocycles. The van der Waals surface area contributed by atoms with Gasteiger partial charge in [0.15, 0.2) is 0 Å². The van der Waals surface area contributed by atoms with E-state index in [1.54, 1.807) is 0 Å². The smallest absolute Gasteiger partial charge is 0.226 e. The van der Waals surface area contributed by atoms with E-state index in [0.717, 1.165) is 63.6 Å². The monoisotopic (exact) mass is 413 g/mol. The van der Waals surface area contributed by atoms with Gasteiger partial charge in [0, 0.05) is 44.0 Å². The van der Waals surface area contributed by atoms with E-state index in [1.165, 1.54) is 18.4 Å². The van der Waals surface area contributed by atoms with Crippen LogP contribution in [0.15, 0.2) is 6.20 Å². The minimum absolute atomic E-state index is 0.180. The molecule has 4 heterocycles. The summed E-state index contributed by atoms with van der Waals surface area (Å²) in [5.74, 6) is 2.51. The van der Waals surface area contributed by atoms with Crippen molar-refractivity contribution in [1.82, 2.24) is 19.8 Å². The van der Waals surface area contributed by atoms with Crippen LogP contribution >= 0.6 is 0 Å². The Hall–Kier alpha value is -1.73. The third kappa shape index (κ3) is 4.19. The molecule has 7 heteroatoms. The van der Waals surface area contributed by atoms with Crippen LogP contribution in [-0.2, 0) is 22.5 Å². The molecule has 1 saturated carbocycles. The molecule has 1 amide bonds. The highest BCUT2D eigenvalue weighted by Crippen LogP contribution is 2.44. The second kappa shape index (κ2) is 8.42. The maximum absolute atomic E-state index is 13.7. The predicted octanol–water partition coefficient (Wildman–Crippen LogP) is 2.32. The molecular weight excluding hydrogens is 378 g/mol. The number of carbonyl (C=O) groups is 1. The van der Waals surface area contributed by atoms with Gasteiger partial charge < -0.3 is 19.9 Å². The third-order valence-corrected chi connectivity index (χ3v) is 7.57. The summed E-state index contributed by atoms with van der Waals surface area (Å²) in [7, 11) is 2.19. The van der Waals surface area contributed by atoms with E-state index in [0.29, 0.717) is 30.4 Å². The van der Waals surface area contributed by atoms with Crippen molar-refractivity contribution in [2.75, 3.05) is 38.7 Å². The normalized spacial score (nSPS) is 30.7. The molecule has 4 aliphatic rings. The highest BCUT2D eigenvalue weighted by Gasteiger charge is 2.44. The lowest BCUT2D eigenvalue weighted by Gasteiger charge is -2.42. The Bertz CT molecular complexity index is 777. The first-order valence-electron chi connectivity index (χ1n) is 11.8. The number of aromatic nitrogens is 2. The van der Waals surface area contributed by atoms with Crippen LogP contribution in [0.4, 0.5) is 5.95 Å². The summed E-state index contributed by atoms with van der Waals surface area (Å²) in [6.45, 7) is 6.48. The van der Waals surface area contributed by atoms with Gasteiger partial charge in [-0.2, -0.15) is 0 Å². The molecular formula is C23H35N5O2. The number of likely N-dealkylation sites (tertiary alicyclic amines) is 1. The van der Waals surface area contributed by atoms with Crippen molar-refractivity contribution in [2.45, 2.75) is 64.1 Å². The molecule has 0 unspecified atom stereocenters. The van der Waals surface area contributed by atoms with Gasteiger partial charge in [-0.05, 0) is 76.4 Å². The summed E-state index contributed by atoms with van der Waals surface area (Å²) < 4.78 is 5.45. The molecule has 1 aromatic heterocycles. The van der Waals surface area contributed by atoms with Crippen molar-refractivity contribution < 1.29 is 9.53 Å². The molecule has 1 N–H and O–H groups in total. The van der Waals surface area contributed by atoms with Crippen LogP contribution in [0.5, 0.6) is 0 Å². The van der Waals surface area contributed by atoms with Crippen molar-refractivity contribution in [3.63, 3.8) is 0 Å². The maximum Gasteiger partial charge on any atom is 0.226 e. The third-order valence-electron chi connectivity index (χ3n) is 7.57. The average Bonchev–Trinajstić information content (AvgIpc) is 3.59. The Labute approximate surface area is 179 Å². The van der Waals surface area contributed by atoms with Gasteiger partial charge in [-0.1, -0.05) is 0 Å². The fourth-order valence-corrected chi connectivity index (χ4v) is 5.56. The SMILES string of the molecule is C[C@@H]1Cc2cnc(NC3CCOCC3)nc2CN1C(=O)[C@H]1CCN(C)C[C@@H]1C1CC1. The molecule has 164 valence electrons. The van der Waals surface area contributed by atoms with Crippen LogP contribution in [0.2, 0.25) is 0 Å². The molecule has 3 aliphatic heterocycles. The molecule has 1 aromatic rings. The number of hydrogen-bond acceptors (Lipinski definition) is 6. The maximum atomic E-state index is 13.7. The summed E-state index contributed by atoms with van der Waals surface area (Å²) in [5.41, 5.74) is 2.20. The standard InChI is InChI=1S/C23H35N5O2/c1-15-11-17-12-24-23(25-18-6-9-30-10-7-18)26-21(17)14-28(15)22(29)19-5-8-27(2)13-20(19)16-3-4-16/h12,15-16,18-20H,3-11,13-14H2,1-2H3,(H,24,25,26)/t15-,19+,20-/m1/s1. The zero-order valence-electron chi connectivity index (χ0n) is 18.3. The summed E-state index contributed by atoms with van der Waals surface area (Å²) in [4.78, 5) is 27.6. The summed E-state index contributed by atoms with van der Waals surface area (Å²) >= 11 is 0. The van der Waals surface area contributed by atoms with Crippen molar-refractivity contribution in [1.29, 1.82) is 0 Å². The fraction of sp³-hybridized carbons (Fsp3) is 0.783. The number of carbonyl (C=O) groups excluding carboxylic acids is 1. The van der Waals surface area contributed by atoms with E-state index in [-0.39, 0.29) is 12.0 Å². The number of hydrogen-bond donors (Lipinski definition) is 1. The number of anilines is 1. The molecule has 5 rings (SSSR count). The number of nitrogens with one attached hydrogen (secondary N) is 1. The Morgan fingerprint density at radius 1 is 1.20 bits per heavy atom. The Morgan fingerprint density at radius 2 is 2.00 bits per heavy atom. The largest absolute Gasteiger partial charge is 0.381 e. The average molecular weight is 414 g/mol. The number of ether oxygens (including phenoxy) is 1. The second-order valence-electron chi connectivity index (χ2n) is 9.87. The second-order valence-corrected chi connectivity index (χ2v) is 9.87. The minimum atomic E-state index is 0.180. The van der Waals surface area contributed by atoms with Gasteiger partial charge in [-0.3, -0.25) is 4.79 Å². The highest BCUT2D eigenvalue weighted by molar-refractivity contribution is 5.80. The lowest BCUT2D eigenvalue weighted by Crippen LogP contribution is -2.51. The van der Waals surface area contributed by atoms with E-state index in [4.69, 9.17) is 9.72 Å². The van der Waals surface area contributed by atoms with Crippen LogP contribution in [0, 0.1) is 17.8 Å². The Balaban J connectivity index is 1.30. The lowest BCUT2D eigenvalue weighted by molar-refractivity contribution is -0.143. The van der Waals surface area contributed by atoms with E-state index < -0.39 is 0 Å². The van der Waals surface area contributed by atoms with Crippen LogP contribution in [0.1, 0.15) is 50.3 Å². The molecule has 7 nitrogen and oxygen atoms in total. The number of fused-ring (bicyclic) bond motifs is 1. The minimum Gasteiger partial charge on any atom is -0.381 e. The molecule has 1 aliphatic carbocycles. The molecule has 30 heavy (non-hydrogen) atoms. The lowest BCUT2D eigenvalue weighted by atomic mass is 9.80. The molecule has 0 spiro atoms. The van der Waals surface area contributed by atoms with Crippen LogP contribution in [-0.4, -0.2) is 71.1 Å². The van der Waals surface area contributed by atoms with Crippen molar-refractivity contribution in [3.05, 3.63) is 17.5 Å². The van der Waals surface area contributed by atoms with Gasteiger partial charge in [0.1, 0.15) is 0 Å². The first kappa shape index (κ1) is 20.2. The first-order valence-corrected chi connectivity index (χ1v) is 11.8. The van der Waals surface area contributed by atoms with E-state index in [1.807, 2.05) is 6.20 Å². The molecule has 3 fully saturated rings. The number of piperidine rings is 1. The summed E-state index contributed by atoms with van der Waals surface area (Å²) in [5, 5.41) is 3.47. The molecule has 0 bridgehead atoms. The van der Waals surface area contributed by atoms with Crippen molar-refractivity contribution in [3.8, 4) is 0 Å². The molecule has 2 saturated heterocycles. The van der Waals surface area contributed by atoms with Gasteiger partial charge in [0.25, 0.3) is 0 Å². The fourth-order valence-electron chi connectivity index (χ4n) is 5.56. The van der Waals surface area contributed by atoms with Gasteiger partial charge >= 0.3 is 0 Å². The Morgan fingerprint density at radius 3 is 2.77 bits per heavy atom. The van der Waals surface area contributed by atoms with Gasteiger partial charge in [-0.15, -0.1) is 0 Å². The van der Waals surface area contributed by atoms with E-state index in [2.05, 4.69) is 34.1 Å². The number of nitrogens with zero attached hydrogens (tertiary/aromatic N) is 4. The van der Waals surface area contributed by atoms with Gasteiger partial charge in [0.2, 0.25) is 11.9 Å². The predicted molar refractivity (Wildman–Crippen MR) is 115 cm³/mol. The first-order chi connectivity index (χ1) is 14.6. The van der Waals surface area contributed by atoms with Gasteiger partial charge in [0.05, 0.1) is 12.2 Å². The quantitative estimate of drug-likeness (QED) is 0.817. The van der Waals surface area contributed by atoms with Crippen molar-refractivity contribution in [2.24, 2.45) is 17.8 Å². The van der Waals surface area contributed by atoms with Crippen molar-refractivity contribution >= 4 is 11.9 Å². The number of rotatable bonds is 4. The van der Waals surface area contributed by atoms with Gasteiger partial charge in [-0.25, -0.2) is 9.97 Å². The van der Waals surface area contributed by atoms with E-state index >= 15 is 0 Å². The van der Waals surface area contributed by atoms with Crippen LogP contribution in [0.25, 0.3) is 0 Å². The summed E-state index contributed by atoms with van der Waals surface area (Å²) in [6.07, 6.45) is 8.38. The molecule has 0 radical (unpaired) electrons. The highest BCUT2D eigenvalue weighted by atomic mass is 16.5. The molecule has 3 atom stereocenters. The van der Waals surface area contributed by atoms with Crippen LogP contribution < -0.4 is 5.32 Å². The topological polar surface area (TPSA) is 70.6 Å². The van der Waals surface area contributed by atoms with E-state index in [9.17, 15) is 4.79 Å².